The van der Waals surface area contributed by atoms with E-state index in [1.165, 1.54) is 17.5 Å². The normalized spacial score (nSPS) is 10.1. The van der Waals surface area contributed by atoms with Crippen LogP contribution in [0.25, 0.3) is 0 Å². The lowest BCUT2D eigenvalue weighted by molar-refractivity contribution is 0.384. The fourth-order valence-electron chi connectivity index (χ4n) is 1.72. The molecule has 15 heavy (non-hydrogen) atoms. The molecule has 0 aromatic heterocycles. The Morgan fingerprint density at radius 3 is 2.00 bits per heavy atom. The van der Waals surface area contributed by atoms with Gasteiger partial charge in [-0.25, -0.2) is 0 Å². The van der Waals surface area contributed by atoms with Crippen molar-refractivity contribution >= 4 is 0 Å². The number of methoxy groups -OCH3 is 2. The van der Waals surface area contributed by atoms with Gasteiger partial charge in [-0.2, -0.15) is 0 Å². The largest absolute Gasteiger partial charge is 0.496 e. The lowest BCUT2D eigenvalue weighted by Gasteiger charge is -2.13. The van der Waals surface area contributed by atoms with Crippen molar-refractivity contribution in [1.82, 2.24) is 0 Å². The Kier molecular flexibility index (Phi) is 4.47. The molecule has 1 aromatic carbocycles. The Bertz CT molecular complexity index is 293. The molecule has 0 amide bonds. The molecule has 0 saturated carbocycles. The lowest BCUT2D eigenvalue weighted by atomic mass is 10.0. The van der Waals surface area contributed by atoms with Gasteiger partial charge in [0.1, 0.15) is 11.5 Å². The zero-order chi connectivity index (χ0) is 11.3. The van der Waals surface area contributed by atoms with Gasteiger partial charge in [0.05, 0.1) is 14.2 Å². The Labute approximate surface area is 92.2 Å². The average Bonchev–Trinajstić information content (AvgIpc) is 2.26. The summed E-state index contributed by atoms with van der Waals surface area (Å²) >= 11 is 0. The maximum Gasteiger partial charge on any atom is 0.126 e. The van der Waals surface area contributed by atoms with Gasteiger partial charge in [-0.05, 0) is 37.5 Å². The molecule has 0 N–H and O–H groups in total. The maximum absolute atomic E-state index is 5.39. The van der Waals surface area contributed by atoms with Gasteiger partial charge in [0, 0.05) is 5.56 Å². The summed E-state index contributed by atoms with van der Waals surface area (Å²) in [6.45, 7) is 4.24. The number of unbranched alkanes of at least 4 members (excludes halogenated alkanes) is 1. The SMILES string of the molecule is CCCCc1c(OC)cc(C)cc1OC. The van der Waals surface area contributed by atoms with Gasteiger partial charge in [-0.3, -0.25) is 0 Å². The summed E-state index contributed by atoms with van der Waals surface area (Å²) in [6.07, 6.45) is 3.36. The molecule has 0 aliphatic carbocycles. The molecule has 0 bridgehead atoms. The Morgan fingerprint density at radius 2 is 1.60 bits per heavy atom. The first-order valence-corrected chi connectivity index (χ1v) is 5.44. The van der Waals surface area contributed by atoms with Crippen LogP contribution in [0.5, 0.6) is 11.5 Å². The predicted molar refractivity (Wildman–Crippen MR) is 62.9 cm³/mol. The highest BCUT2D eigenvalue weighted by atomic mass is 16.5. The number of benzene rings is 1. The molecule has 1 rings (SSSR count). The van der Waals surface area contributed by atoms with E-state index in [1.54, 1.807) is 14.2 Å². The second-order valence-electron chi connectivity index (χ2n) is 3.75. The van der Waals surface area contributed by atoms with Crippen molar-refractivity contribution in [2.75, 3.05) is 14.2 Å². The van der Waals surface area contributed by atoms with Crippen molar-refractivity contribution in [1.29, 1.82) is 0 Å². The third-order valence-corrected chi connectivity index (χ3v) is 2.53. The first-order chi connectivity index (χ1) is 7.22. The summed E-state index contributed by atoms with van der Waals surface area (Å²) in [6, 6.07) is 4.13. The minimum absolute atomic E-state index is 0.945. The molecule has 0 saturated heterocycles. The van der Waals surface area contributed by atoms with E-state index in [4.69, 9.17) is 9.47 Å². The summed E-state index contributed by atoms with van der Waals surface area (Å²) in [7, 11) is 3.42. The van der Waals surface area contributed by atoms with Gasteiger partial charge in [-0.1, -0.05) is 13.3 Å². The minimum atomic E-state index is 0.945. The van der Waals surface area contributed by atoms with E-state index in [0.29, 0.717) is 0 Å². The van der Waals surface area contributed by atoms with Crippen molar-refractivity contribution < 1.29 is 9.47 Å². The van der Waals surface area contributed by atoms with E-state index in [-0.39, 0.29) is 0 Å². The van der Waals surface area contributed by atoms with Crippen LogP contribution in [0.3, 0.4) is 0 Å². The fourth-order valence-corrected chi connectivity index (χ4v) is 1.72. The summed E-state index contributed by atoms with van der Waals surface area (Å²) in [5.74, 6) is 1.89. The standard InChI is InChI=1S/C13H20O2/c1-5-6-7-11-12(14-3)8-10(2)9-13(11)15-4/h8-9H,5-7H2,1-4H3. The average molecular weight is 208 g/mol. The summed E-state index contributed by atoms with van der Waals surface area (Å²) < 4.78 is 10.8. The number of hydrogen-bond donors (Lipinski definition) is 0. The van der Waals surface area contributed by atoms with Gasteiger partial charge in [0.25, 0.3) is 0 Å². The molecule has 0 aliphatic heterocycles. The highest BCUT2D eigenvalue weighted by Gasteiger charge is 2.10. The van der Waals surface area contributed by atoms with Gasteiger partial charge in [-0.15, -0.1) is 0 Å². The third kappa shape index (κ3) is 2.88. The van der Waals surface area contributed by atoms with Gasteiger partial charge in [0.2, 0.25) is 0 Å². The van der Waals surface area contributed by atoms with Gasteiger partial charge >= 0.3 is 0 Å². The van der Waals surface area contributed by atoms with E-state index in [2.05, 4.69) is 26.0 Å². The molecule has 1 aromatic rings. The van der Waals surface area contributed by atoms with Crippen LogP contribution >= 0.6 is 0 Å². The maximum atomic E-state index is 5.39. The van der Waals surface area contributed by atoms with E-state index < -0.39 is 0 Å². The van der Waals surface area contributed by atoms with Crippen molar-refractivity contribution in [3.63, 3.8) is 0 Å². The quantitative estimate of drug-likeness (QED) is 0.738. The van der Waals surface area contributed by atoms with Crippen LogP contribution in [0.15, 0.2) is 12.1 Å². The second kappa shape index (κ2) is 5.64. The van der Waals surface area contributed by atoms with Crippen molar-refractivity contribution in [3.8, 4) is 11.5 Å². The van der Waals surface area contributed by atoms with Crippen molar-refractivity contribution in [2.45, 2.75) is 33.1 Å². The minimum Gasteiger partial charge on any atom is -0.496 e. The topological polar surface area (TPSA) is 18.5 Å². The highest BCUT2D eigenvalue weighted by Crippen LogP contribution is 2.31. The number of rotatable bonds is 5. The van der Waals surface area contributed by atoms with Crippen LogP contribution in [0, 0.1) is 6.92 Å². The van der Waals surface area contributed by atoms with E-state index in [0.717, 1.165) is 24.3 Å². The Morgan fingerprint density at radius 1 is 1.07 bits per heavy atom. The molecule has 0 radical (unpaired) electrons. The lowest BCUT2D eigenvalue weighted by Crippen LogP contribution is -1.98. The Balaban J connectivity index is 3.06. The van der Waals surface area contributed by atoms with E-state index in [1.807, 2.05) is 0 Å². The van der Waals surface area contributed by atoms with Crippen LogP contribution < -0.4 is 9.47 Å². The molecule has 0 heterocycles. The molecule has 0 unspecified atom stereocenters. The van der Waals surface area contributed by atoms with Gasteiger partial charge in [0.15, 0.2) is 0 Å². The fraction of sp³-hybridized carbons (Fsp3) is 0.538. The molecule has 84 valence electrons. The number of aryl methyl sites for hydroxylation is 1. The van der Waals surface area contributed by atoms with Crippen LogP contribution in [-0.4, -0.2) is 14.2 Å². The summed E-state index contributed by atoms with van der Waals surface area (Å²) in [4.78, 5) is 0. The Hall–Kier alpha value is -1.18. The zero-order valence-electron chi connectivity index (χ0n) is 10.1. The molecule has 0 spiro atoms. The van der Waals surface area contributed by atoms with E-state index in [9.17, 15) is 0 Å². The van der Waals surface area contributed by atoms with Crippen LogP contribution in [0.1, 0.15) is 30.9 Å². The predicted octanol–water partition coefficient (Wildman–Crippen LogP) is 3.35. The zero-order valence-corrected chi connectivity index (χ0v) is 10.1. The number of ether oxygens (including phenoxy) is 2. The smallest absolute Gasteiger partial charge is 0.126 e. The molecular formula is C13H20O2. The van der Waals surface area contributed by atoms with Gasteiger partial charge < -0.3 is 9.47 Å². The monoisotopic (exact) mass is 208 g/mol. The second-order valence-corrected chi connectivity index (χ2v) is 3.75. The molecule has 0 aliphatic rings. The number of hydrogen-bond acceptors (Lipinski definition) is 2. The van der Waals surface area contributed by atoms with Crippen molar-refractivity contribution in [3.05, 3.63) is 23.3 Å². The molecule has 0 fully saturated rings. The van der Waals surface area contributed by atoms with Crippen LogP contribution in [-0.2, 0) is 6.42 Å². The van der Waals surface area contributed by atoms with Crippen molar-refractivity contribution in [2.24, 2.45) is 0 Å². The van der Waals surface area contributed by atoms with Crippen LogP contribution in [0.2, 0.25) is 0 Å². The molecule has 0 atom stereocenters. The third-order valence-electron chi connectivity index (χ3n) is 2.53. The molecular weight excluding hydrogens is 188 g/mol. The first-order valence-electron chi connectivity index (χ1n) is 5.44. The first kappa shape index (κ1) is 11.9. The summed E-state index contributed by atoms with van der Waals surface area (Å²) in [5, 5.41) is 0. The van der Waals surface area contributed by atoms with E-state index >= 15 is 0 Å². The highest BCUT2D eigenvalue weighted by molar-refractivity contribution is 5.47. The molecule has 2 heteroatoms. The summed E-state index contributed by atoms with van der Waals surface area (Å²) in [5.41, 5.74) is 2.36. The molecule has 2 nitrogen and oxygen atoms in total. The van der Waals surface area contributed by atoms with Crippen LogP contribution in [0.4, 0.5) is 0 Å².